The summed E-state index contributed by atoms with van der Waals surface area (Å²) in [7, 11) is 0. The fraction of sp³-hybridized carbons (Fsp3) is 0.250. The Balaban J connectivity index is 0.000000541. The van der Waals surface area contributed by atoms with Crippen molar-refractivity contribution in [2.45, 2.75) is 17.9 Å². The number of carbonyl (C=O) groups excluding carboxylic acids is 1. The molecule has 0 saturated heterocycles. The number of halogens is 2. The third kappa shape index (κ3) is 5.54. The van der Waals surface area contributed by atoms with Gasteiger partial charge in [0, 0.05) is 24.5 Å². The van der Waals surface area contributed by atoms with Crippen LogP contribution < -0.4 is 0 Å². The van der Waals surface area contributed by atoms with Crippen LogP contribution >= 0.6 is 15.9 Å². The lowest BCUT2D eigenvalue weighted by Gasteiger charge is -2.22. The molecule has 0 aromatic heterocycles. The van der Waals surface area contributed by atoms with E-state index >= 15 is 0 Å². The van der Waals surface area contributed by atoms with E-state index < -0.39 is 10.5 Å². The van der Waals surface area contributed by atoms with Crippen LogP contribution in [0.1, 0.15) is 23.7 Å². The van der Waals surface area contributed by atoms with Gasteiger partial charge in [0.15, 0.2) is 10.4 Å². The first-order valence-corrected chi connectivity index (χ1v) is 7.25. The number of aliphatic hydroxyl groups is 1. The van der Waals surface area contributed by atoms with Gasteiger partial charge in [-0.05, 0) is 27.6 Å². The number of rotatable bonds is 3. The first-order valence-electron chi connectivity index (χ1n) is 6.46. The molecule has 0 spiro atoms. The smallest absolute Gasteiger partial charge is 0.300 e. The standard InChI is InChI=1S/C14H12BrFO2.C2H4O2/c15-14(16)7-6-12(11(8-14)9-17)13(18)10-4-2-1-3-5-10;1-2(3)4/h1-7,17H,8-9H2;1H3,(H,3,4). The Labute approximate surface area is 136 Å². The zero-order valence-corrected chi connectivity index (χ0v) is 13.5. The Hall–Kier alpha value is -1.79. The Morgan fingerprint density at radius 1 is 1.32 bits per heavy atom. The minimum Gasteiger partial charge on any atom is -0.481 e. The van der Waals surface area contributed by atoms with Crippen molar-refractivity contribution < 1.29 is 24.2 Å². The highest BCUT2D eigenvalue weighted by Crippen LogP contribution is 2.36. The quantitative estimate of drug-likeness (QED) is 0.632. The summed E-state index contributed by atoms with van der Waals surface area (Å²) in [5, 5.41) is 16.7. The van der Waals surface area contributed by atoms with E-state index in [1.54, 1.807) is 24.3 Å². The molecule has 1 unspecified atom stereocenters. The summed E-state index contributed by atoms with van der Waals surface area (Å²) < 4.78 is 12.0. The van der Waals surface area contributed by atoms with E-state index in [4.69, 9.17) is 9.90 Å². The number of ketones is 1. The van der Waals surface area contributed by atoms with Crippen LogP contribution in [0.15, 0.2) is 53.6 Å². The van der Waals surface area contributed by atoms with Gasteiger partial charge in [-0.15, -0.1) is 0 Å². The van der Waals surface area contributed by atoms with Crippen LogP contribution in [0.4, 0.5) is 4.39 Å². The summed E-state index contributed by atoms with van der Waals surface area (Å²) in [6.07, 6.45) is 2.70. The lowest BCUT2D eigenvalue weighted by Crippen LogP contribution is -2.20. The van der Waals surface area contributed by atoms with Gasteiger partial charge in [0.25, 0.3) is 5.97 Å². The van der Waals surface area contributed by atoms with E-state index in [1.807, 2.05) is 6.07 Å². The number of hydrogen-bond acceptors (Lipinski definition) is 3. The summed E-state index contributed by atoms with van der Waals surface area (Å²) in [6.45, 7) is 0.759. The average Bonchev–Trinajstić information content (AvgIpc) is 2.46. The minimum atomic E-state index is -1.68. The summed E-state index contributed by atoms with van der Waals surface area (Å²) in [4.78, 5) is 21.2. The largest absolute Gasteiger partial charge is 0.481 e. The van der Waals surface area contributed by atoms with E-state index in [0.29, 0.717) is 16.7 Å². The molecule has 2 rings (SSSR count). The van der Waals surface area contributed by atoms with Crippen LogP contribution in [0.3, 0.4) is 0 Å². The number of carboxylic acids is 1. The van der Waals surface area contributed by atoms with Crippen molar-refractivity contribution in [3.63, 3.8) is 0 Å². The maximum Gasteiger partial charge on any atom is 0.300 e. The van der Waals surface area contributed by atoms with Crippen molar-refractivity contribution in [2.75, 3.05) is 6.61 Å². The highest BCUT2D eigenvalue weighted by Gasteiger charge is 2.30. The molecule has 0 radical (unpaired) electrons. The molecule has 0 bridgehead atoms. The molecule has 0 fully saturated rings. The van der Waals surface area contributed by atoms with Crippen molar-refractivity contribution in [1.82, 2.24) is 0 Å². The molecule has 6 heteroatoms. The molecule has 0 amide bonds. The summed E-state index contributed by atoms with van der Waals surface area (Å²) in [5.74, 6) is -1.03. The zero-order valence-electron chi connectivity index (χ0n) is 11.9. The fourth-order valence-corrected chi connectivity index (χ4v) is 2.35. The molecule has 1 aliphatic carbocycles. The van der Waals surface area contributed by atoms with Crippen LogP contribution in [0.25, 0.3) is 0 Å². The Morgan fingerprint density at radius 3 is 2.36 bits per heavy atom. The summed E-state index contributed by atoms with van der Waals surface area (Å²) >= 11 is 2.90. The van der Waals surface area contributed by atoms with Gasteiger partial charge in [-0.1, -0.05) is 36.4 Å². The number of hydrogen-bond donors (Lipinski definition) is 2. The van der Waals surface area contributed by atoms with Crippen molar-refractivity contribution in [1.29, 1.82) is 0 Å². The number of aliphatic carboxylic acids is 1. The molecule has 4 nitrogen and oxygen atoms in total. The molecule has 0 aliphatic heterocycles. The Kier molecular flexibility index (Phi) is 6.64. The van der Waals surface area contributed by atoms with E-state index in [-0.39, 0.29) is 18.8 Å². The van der Waals surface area contributed by atoms with Crippen LogP contribution in [0.5, 0.6) is 0 Å². The van der Waals surface area contributed by atoms with Crippen molar-refractivity contribution >= 4 is 27.7 Å². The normalized spacial score (nSPS) is 20.2. The van der Waals surface area contributed by atoms with E-state index in [0.717, 1.165) is 6.92 Å². The van der Waals surface area contributed by atoms with Crippen LogP contribution in [-0.2, 0) is 4.79 Å². The van der Waals surface area contributed by atoms with E-state index in [1.165, 1.54) is 12.2 Å². The second kappa shape index (κ2) is 8.00. The highest BCUT2D eigenvalue weighted by molar-refractivity contribution is 9.10. The van der Waals surface area contributed by atoms with Gasteiger partial charge in [0.1, 0.15) is 0 Å². The molecule has 118 valence electrons. The molecule has 0 saturated carbocycles. The molecule has 0 heterocycles. The second-order valence-corrected chi connectivity index (χ2v) is 5.98. The van der Waals surface area contributed by atoms with E-state index in [9.17, 15) is 14.3 Å². The number of aliphatic hydroxyl groups excluding tert-OH is 1. The van der Waals surface area contributed by atoms with Gasteiger partial charge < -0.3 is 10.2 Å². The van der Waals surface area contributed by atoms with Gasteiger partial charge >= 0.3 is 0 Å². The second-order valence-electron chi connectivity index (χ2n) is 4.66. The van der Waals surface area contributed by atoms with Gasteiger partial charge in [-0.2, -0.15) is 0 Å². The zero-order chi connectivity index (χ0) is 16.8. The van der Waals surface area contributed by atoms with Crippen molar-refractivity contribution in [3.05, 3.63) is 59.2 Å². The molecular weight excluding hydrogens is 355 g/mol. The number of Topliss-reactive ketones (excluding diaryl/α,β-unsaturated/α-hetero) is 1. The fourth-order valence-electron chi connectivity index (χ4n) is 1.88. The monoisotopic (exact) mass is 370 g/mol. The van der Waals surface area contributed by atoms with Gasteiger partial charge in [-0.3, -0.25) is 9.59 Å². The number of carboxylic acid groups (broad SMARTS) is 1. The van der Waals surface area contributed by atoms with Crippen molar-refractivity contribution in [2.24, 2.45) is 0 Å². The Bertz CT molecular complexity index is 602. The average molecular weight is 371 g/mol. The van der Waals surface area contributed by atoms with Gasteiger partial charge in [-0.25, -0.2) is 4.39 Å². The summed E-state index contributed by atoms with van der Waals surface area (Å²) in [6, 6.07) is 8.75. The maximum atomic E-state index is 13.7. The number of alkyl halides is 2. The predicted molar refractivity (Wildman–Crippen MR) is 84.7 cm³/mol. The lowest BCUT2D eigenvalue weighted by molar-refractivity contribution is -0.134. The topological polar surface area (TPSA) is 74.6 Å². The first kappa shape index (κ1) is 18.3. The summed E-state index contributed by atoms with van der Waals surface area (Å²) in [5.41, 5.74) is 1.31. The van der Waals surface area contributed by atoms with E-state index in [2.05, 4.69) is 15.9 Å². The third-order valence-corrected chi connectivity index (χ3v) is 3.34. The maximum absolute atomic E-state index is 13.7. The number of benzene rings is 1. The molecule has 1 aromatic carbocycles. The molecule has 1 aromatic rings. The molecular formula is C16H16BrFO4. The van der Waals surface area contributed by atoms with Crippen LogP contribution in [0.2, 0.25) is 0 Å². The lowest BCUT2D eigenvalue weighted by atomic mass is 9.91. The van der Waals surface area contributed by atoms with Crippen LogP contribution in [-0.4, -0.2) is 33.2 Å². The number of allylic oxidation sites excluding steroid dienone is 3. The third-order valence-electron chi connectivity index (χ3n) is 2.80. The first-order chi connectivity index (χ1) is 10.3. The Morgan fingerprint density at radius 2 is 1.86 bits per heavy atom. The molecule has 2 N–H and O–H groups in total. The van der Waals surface area contributed by atoms with Crippen molar-refractivity contribution in [3.8, 4) is 0 Å². The molecule has 1 aliphatic rings. The molecule has 1 atom stereocenters. The van der Waals surface area contributed by atoms with Crippen LogP contribution in [0, 0.1) is 0 Å². The predicted octanol–water partition coefficient (Wildman–Crippen LogP) is 3.27. The number of carbonyl (C=O) groups is 2. The highest BCUT2D eigenvalue weighted by atomic mass is 79.9. The SMILES string of the molecule is CC(=O)O.O=C(C1=C(CO)CC(F)(Br)C=C1)c1ccccc1. The molecule has 22 heavy (non-hydrogen) atoms. The van der Waals surface area contributed by atoms with Gasteiger partial charge in [0.2, 0.25) is 0 Å². The minimum absolute atomic E-state index is 0.0199. The van der Waals surface area contributed by atoms with Gasteiger partial charge in [0.05, 0.1) is 6.61 Å².